The molecule has 3 nitrogen and oxygen atoms in total. The number of hydrogen-bond donors (Lipinski definition) is 3. The molecule has 0 saturated heterocycles. The van der Waals surface area contributed by atoms with Crippen LogP contribution in [0.4, 0.5) is 0 Å². The number of rotatable bonds is 1. The zero-order valence-corrected chi connectivity index (χ0v) is 6.49. The molecule has 0 aliphatic heterocycles. The molecule has 62 valence electrons. The maximum atomic E-state index is 9.31. The summed E-state index contributed by atoms with van der Waals surface area (Å²) in [4.78, 5) is 0. The van der Waals surface area contributed by atoms with Crippen molar-refractivity contribution >= 4 is 11.6 Å². The largest absolute Gasteiger partial charge is 0.508 e. The molecule has 0 amide bonds. The van der Waals surface area contributed by atoms with Gasteiger partial charge in [0.05, 0.1) is 12.5 Å². The Morgan fingerprint density at radius 2 is 2.27 bits per heavy atom. The van der Waals surface area contributed by atoms with Gasteiger partial charge in [-0.2, -0.15) is 0 Å². The second kappa shape index (κ2) is 2.85. The van der Waals surface area contributed by atoms with Crippen LogP contribution in [0.1, 0.15) is 0 Å². The predicted octanol–water partition coefficient (Wildman–Crippen LogP) is 0.534. The van der Waals surface area contributed by atoms with Crippen LogP contribution in [0.15, 0.2) is 24.0 Å². The first-order chi connectivity index (χ1) is 5.06. The molecule has 2 atom stereocenters. The number of aliphatic hydroxyl groups excluding tert-OH is 2. The van der Waals surface area contributed by atoms with E-state index in [-0.39, 0.29) is 12.4 Å². The van der Waals surface area contributed by atoms with Crippen molar-refractivity contribution in [3.8, 4) is 0 Å². The summed E-state index contributed by atoms with van der Waals surface area (Å²) in [5.41, 5.74) is 0. The molecule has 4 heteroatoms. The first-order valence-corrected chi connectivity index (χ1v) is 3.56. The van der Waals surface area contributed by atoms with Crippen molar-refractivity contribution in [1.82, 2.24) is 0 Å². The van der Waals surface area contributed by atoms with E-state index in [0.29, 0.717) is 0 Å². The molecular formula is C7H9ClO3. The summed E-state index contributed by atoms with van der Waals surface area (Å²) in [6.07, 6.45) is 3.84. The standard InChI is InChI=1S/C7H9ClO3/c8-7(11)2-1-6(10)3-5(7)4-9/h1-3,5,9-11H,4H2. The third-order valence-corrected chi connectivity index (χ3v) is 1.98. The Kier molecular flexibility index (Phi) is 2.23. The van der Waals surface area contributed by atoms with Gasteiger partial charge in [0.1, 0.15) is 5.76 Å². The summed E-state index contributed by atoms with van der Waals surface area (Å²) in [6, 6.07) is 0. The molecule has 3 N–H and O–H groups in total. The van der Waals surface area contributed by atoms with Gasteiger partial charge in [0, 0.05) is 0 Å². The highest BCUT2D eigenvalue weighted by Crippen LogP contribution is 2.29. The summed E-state index contributed by atoms with van der Waals surface area (Å²) in [6.45, 7) is -0.297. The van der Waals surface area contributed by atoms with Crippen molar-refractivity contribution in [3.63, 3.8) is 0 Å². The molecule has 11 heavy (non-hydrogen) atoms. The highest BCUT2D eigenvalue weighted by atomic mass is 35.5. The van der Waals surface area contributed by atoms with Crippen LogP contribution in [0.2, 0.25) is 0 Å². The van der Waals surface area contributed by atoms with E-state index in [0.717, 1.165) is 0 Å². The molecule has 0 bridgehead atoms. The lowest BCUT2D eigenvalue weighted by Gasteiger charge is -2.26. The van der Waals surface area contributed by atoms with E-state index in [1.165, 1.54) is 18.2 Å². The van der Waals surface area contributed by atoms with Gasteiger partial charge in [0.25, 0.3) is 0 Å². The molecule has 1 aliphatic rings. The Bertz CT molecular complexity index is 208. The van der Waals surface area contributed by atoms with Crippen LogP contribution >= 0.6 is 11.6 Å². The van der Waals surface area contributed by atoms with Crippen molar-refractivity contribution in [1.29, 1.82) is 0 Å². The molecular weight excluding hydrogens is 168 g/mol. The number of hydrogen-bond acceptors (Lipinski definition) is 3. The minimum atomic E-state index is -1.57. The van der Waals surface area contributed by atoms with Gasteiger partial charge in [-0.1, -0.05) is 11.6 Å². The highest BCUT2D eigenvalue weighted by molar-refractivity contribution is 6.24. The van der Waals surface area contributed by atoms with Crippen molar-refractivity contribution in [3.05, 3.63) is 24.0 Å². The SMILES string of the molecule is OCC1C=C(O)C=CC1(O)Cl. The number of halogens is 1. The zero-order chi connectivity index (χ0) is 8.48. The highest BCUT2D eigenvalue weighted by Gasteiger charge is 2.32. The first-order valence-electron chi connectivity index (χ1n) is 3.18. The fourth-order valence-electron chi connectivity index (χ4n) is 0.885. The molecule has 0 radical (unpaired) electrons. The van der Waals surface area contributed by atoms with Gasteiger partial charge >= 0.3 is 0 Å². The van der Waals surface area contributed by atoms with Gasteiger partial charge in [-0.05, 0) is 18.2 Å². The number of alkyl halides is 1. The van der Waals surface area contributed by atoms with Crippen LogP contribution in [0.5, 0.6) is 0 Å². The lowest BCUT2D eigenvalue weighted by atomic mass is 9.97. The third-order valence-electron chi connectivity index (χ3n) is 1.58. The van der Waals surface area contributed by atoms with Crippen molar-refractivity contribution < 1.29 is 15.3 Å². The Labute approximate surface area is 69.2 Å². The van der Waals surface area contributed by atoms with Crippen LogP contribution in [0.25, 0.3) is 0 Å². The Balaban J connectivity index is 2.84. The Morgan fingerprint density at radius 1 is 1.64 bits per heavy atom. The molecule has 1 rings (SSSR count). The lowest BCUT2D eigenvalue weighted by molar-refractivity contribution is 0.0885. The maximum absolute atomic E-state index is 9.31. The van der Waals surface area contributed by atoms with E-state index in [1.54, 1.807) is 0 Å². The quantitative estimate of drug-likeness (QED) is 0.511. The summed E-state index contributed by atoms with van der Waals surface area (Å²) >= 11 is 5.56. The molecule has 1 aliphatic carbocycles. The summed E-state index contributed by atoms with van der Waals surface area (Å²) in [7, 11) is 0. The van der Waals surface area contributed by atoms with Crippen molar-refractivity contribution in [2.24, 2.45) is 5.92 Å². The lowest BCUT2D eigenvalue weighted by Crippen LogP contribution is -2.32. The minimum Gasteiger partial charge on any atom is -0.508 e. The second-order valence-corrected chi connectivity index (χ2v) is 3.05. The maximum Gasteiger partial charge on any atom is 0.166 e. The van der Waals surface area contributed by atoms with Crippen LogP contribution in [0.3, 0.4) is 0 Å². The van der Waals surface area contributed by atoms with Crippen molar-refractivity contribution in [2.75, 3.05) is 6.61 Å². The van der Waals surface area contributed by atoms with E-state index >= 15 is 0 Å². The molecule has 0 aromatic carbocycles. The molecule has 0 aromatic rings. The summed E-state index contributed by atoms with van der Waals surface area (Å²) in [5, 5.41) is 25.4. The van der Waals surface area contributed by atoms with E-state index in [4.69, 9.17) is 21.8 Å². The molecule has 2 unspecified atom stereocenters. The van der Waals surface area contributed by atoms with E-state index in [2.05, 4.69) is 0 Å². The van der Waals surface area contributed by atoms with Gasteiger partial charge in [-0.25, -0.2) is 0 Å². The Morgan fingerprint density at radius 3 is 2.73 bits per heavy atom. The molecule has 0 fully saturated rings. The molecule has 0 heterocycles. The predicted molar refractivity (Wildman–Crippen MR) is 41.2 cm³/mol. The third kappa shape index (κ3) is 1.74. The van der Waals surface area contributed by atoms with E-state index < -0.39 is 11.0 Å². The first kappa shape index (κ1) is 8.59. The molecule has 0 saturated carbocycles. The fraction of sp³-hybridized carbons (Fsp3) is 0.429. The summed E-state index contributed by atoms with van der Waals surface area (Å²) in [5.74, 6) is -0.636. The van der Waals surface area contributed by atoms with Crippen LogP contribution in [-0.4, -0.2) is 27.0 Å². The topological polar surface area (TPSA) is 60.7 Å². The van der Waals surface area contributed by atoms with Gasteiger partial charge < -0.3 is 15.3 Å². The van der Waals surface area contributed by atoms with E-state index in [9.17, 15) is 5.11 Å². The zero-order valence-electron chi connectivity index (χ0n) is 5.74. The average molecular weight is 177 g/mol. The van der Waals surface area contributed by atoms with Gasteiger partial charge in [-0.3, -0.25) is 0 Å². The smallest absolute Gasteiger partial charge is 0.166 e. The summed E-state index contributed by atoms with van der Waals surface area (Å²) < 4.78 is 0. The molecule has 0 spiro atoms. The van der Waals surface area contributed by atoms with E-state index in [1.807, 2.05) is 0 Å². The Hall–Kier alpha value is -0.510. The second-order valence-electron chi connectivity index (χ2n) is 2.44. The van der Waals surface area contributed by atoms with Crippen LogP contribution in [-0.2, 0) is 0 Å². The minimum absolute atomic E-state index is 0.00868. The average Bonchev–Trinajstić information content (AvgIpc) is 1.94. The number of aliphatic hydroxyl groups is 3. The van der Waals surface area contributed by atoms with Gasteiger partial charge in [-0.15, -0.1) is 0 Å². The van der Waals surface area contributed by atoms with Crippen LogP contribution < -0.4 is 0 Å². The fourth-order valence-corrected chi connectivity index (χ4v) is 1.08. The van der Waals surface area contributed by atoms with Gasteiger partial charge in [0.15, 0.2) is 5.06 Å². The van der Waals surface area contributed by atoms with Crippen LogP contribution in [0, 0.1) is 5.92 Å². The normalized spacial score (nSPS) is 37.0. The molecule has 0 aromatic heterocycles. The number of allylic oxidation sites excluding steroid dienone is 1. The monoisotopic (exact) mass is 176 g/mol. The van der Waals surface area contributed by atoms with Gasteiger partial charge in [0.2, 0.25) is 0 Å². The van der Waals surface area contributed by atoms with Crippen molar-refractivity contribution in [2.45, 2.75) is 5.06 Å².